The van der Waals surface area contributed by atoms with Gasteiger partial charge in [0.15, 0.2) is 5.69 Å². The van der Waals surface area contributed by atoms with Gasteiger partial charge in [-0.1, -0.05) is 47.1 Å². The van der Waals surface area contributed by atoms with E-state index >= 15 is 0 Å². The maximum absolute atomic E-state index is 13.2. The molecule has 1 aliphatic heterocycles. The maximum Gasteiger partial charge on any atom is 0.276 e. The number of aromatic nitrogens is 5. The van der Waals surface area contributed by atoms with Gasteiger partial charge in [0, 0.05) is 18.1 Å². The first-order valence-electron chi connectivity index (χ1n) is 10.6. The minimum atomic E-state index is -0.102. The SMILES string of the molecule is O=C(c1cn(CCCc2ccccc2)nn1)N1CCCC1c1nc2ccc(Cl)cc2[nH]1. The molecule has 1 aliphatic rings. The number of aromatic amines is 1. The third-order valence-electron chi connectivity index (χ3n) is 5.74. The van der Waals surface area contributed by atoms with Gasteiger partial charge in [-0.15, -0.1) is 5.10 Å². The van der Waals surface area contributed by atoms with Gasteiger partial charge < -0.3 is 9.88 Å². The second-order valence-corrected chi connectivity index (χ2v) is 8.33. The van der Waals surface area contributed by atoms with Crippen LogP contribution >= 0.6 is 11.6 Å². The third kappa shape index (κ3) is 4.18. The lowest BCUT2D eigenvalue weighted by Crippen LogP contribution is -2.31. The van der Waals surface area contributed by atoms with Crippen LogP contribution in [0.5, 0.6) is 0 Å². The van der Waals surface area contributed by atoms with Crippen molar-refractivity contribution in [3.8, 4) is 0 Å². The molecule has 5 rings (SSSR count). The number of rotatable bonds is 6. The zero-order chi connectivity index (χ0) is 21.2. The van der Waals surface area contributed by atoms with Crippen molar-refractivity contribution in [3.05, 3.63) is 76.8 Å². The van der Waals surface area contributed by atoms with Crippen LogP contribution in [0, 0.1) is 0 Å². The lowest BCUT2D eigenvalue weighted by Gasteiger charge is -2.21. The summed E-state index contributed by atoms with van der Waals surface area (Å²) in [4.78, 5) is 23.0. The van der Waals surface area contributed by atoms with E-state index < -0.39 is 0 Å². The average Bonchev–Trinajstić information content (AvgIpc) is 3.52. The zero-order valence-corrected chi connectivity index (χ0v) is 17.8. The van der Waals surface area contributed by atoms with E-state index in [1.165, 1.54) is 5.56 Å². The number of carbonyl (C=O) groups excluding carboxylic acids is 1. The van der Waals surface area contributed by atoms with Crippen LogP contribution in [-0.2, 0) is 13.0 Å². The Morgan fingerprint density at radius 1 is 1.19 bits per heavy atom. The molecule has 0 spiro atoms. The van der Waals surface area contributed by atoms with Crippen molar-refractivity contribution in [2.45, 2.75) is 38.3 Å². The smallest absolute Gasteiger partial charge is 0.276 e. The van der Waals surface area contributed by atoms with Crippen LogP contribution < -0.4 is 0 Å². The fourth-order valence-electron chi connectivity index (χ4n) is 4.20. The molecule has 2 aromatic carbocycles. The second-order valence-electron chi connectivity index (χ2n) is 7.90. The molecule has 1 amide bonds. The number of hydrogen-bond acceptors (Lipinski definition) is 4. The van der Waals surface area contributed by atoms with Gasteiger partial charge >= 0.3 is 0 Å². The van der Waals surface area contributed by atoms with Crippen LogP contribution in [0.15, 0.2) is 54.7 Å². The van der Waals surface area contributed by atoms with Crippen LogP contribution in [-0.4, -0.2) is 42.3 Å². The zero-order valence-electron chi connectivity index (χ0n) is 17.0. The molecule has 0 bridgehead atoms. The third-order valence-corrected chi connectivity index (χ3v) is 5.98. The van der Waals surface area contributed by atoms with Gasteiger partial charge in [0.05, 0.1) is 23.3 Å². The van der Waals surface area contributed by atoms with Gasteiger partial charge in [0.1, 0.15) is 5.82 Å². The molecule has 0 saturated carbocycles. The number of benzene rings is 2. The summed E-state index contributed by atoms with van der Waals surface area (Å²) in [6, 6.07) is 15.8. The van der Waals surface area contributed by atoms with Crippen molar-refractivity contribution in [1.82, 2.24) is 29.9 Å². The molecule has 8 heteroatoms. The summed E-state index contributed by atoms with van der Waals surface area (Å²) in [7, 11) is 0. The number of nitrogens with one attached hydrogen (secondary N) is 1. The van der Waals surface area contributed by atoms with Gasteiger partial charge in [-0.3, -0.25) is 9.48 Å². The number of nitrogens with zero attached hydrogens (tertiary/aromatic N) is 5. The van der Waals surface area contributed by atoms with Crippen molar-refractivity contribution in [2.75, 3.05) is 6.54 Å². The molecule has 0 aliphatic carbocycles. The number of aryl methyl sites for hydroxylation is 2. The monoisotopic (exact) mass is 434 g/mol. The Labute approximate surface area is 185 Å². The predicted molar refractivity (Wildman–Crippen MR) is 119 cm³/mol. The van der Waals surface area contributed by atoms with Gasteiger partial charge in [-0.25, -0.2) is 4.98 Å². The first-order valence-corrected chi connectivity index (χ1v) is 11.0. The van der Waals surface area contributed by atoms with Crippen molar-refractivity contribution in [1.29, 1.82) is 0 Å². The van der Waals surface area contributed by atoms with E-state index in [0.717, 1.165) is 49.1 Å². The summed E-state index contributed by atoms with van der Waals surface area (Å²) in [5.74, 6) is 0.689. The molecule has 31 heavy (non-hydrogen) atoms. The van der Waals surface area contributed by atoms with Crippen molar-refractivity contribution < 1.29 is 4.79 Å². The Morgan fingerprint density at radius 2 is 2.06 bits per heavy atom. The summed E-state index contributed by atoms with van der Waals surface area (Å²) < 4.78 is 1.75. The van der Waals surface area contributed by atoms with Crippen LogP contribution in [0.3, 0.4) is 0 Å². The molecular formula is C23H23ClN6O. The Morgan fingerprint density at radius 3 is 2.94 bits per heavy atom. The molecule has 1 unspecified atom stereocenters. The lowest BCUT2D eigenvalue weighted by molar-refractivity contribution is 0.0724. The van der Waals surface area contributed by atoms with E-state index in [9.17, 15) is 4.79 Å². The van der Waals surface area contributed by atoms with Crippen LogP contribution in [0.2, 0.25) is 5.02 Å². The minimum absolute atomic E-state index is 0.0955. The fraction of sp³-hybridized carbons (Fsp3) is 0.304. The van der Waals surface area contributed by atoms with E-state index in [4.69, 9.17) is 11.6 Å². The molecule has 7 nitrogen and oxygen atoms in total. The van der Waals surface area contributed by atoms with Crippen molar-refractivity contribution >= 4 is 28.5 Å². The molecule has 2 aromatic heterocycles. The molecule has 4 aromatic rings. The van der Waals surface area contributed by atoms with E-state index in [-0.39, 0.29) is 11.9 Å². The highest BCUT2D eigenvalue weighted by atomic mass is 35.5. The van der Waals surface area contributed by atoms with Crippen molar-refractivity contribution in [2.24, 2.45) is 0 Å². The Hall–Kier alpha value is -3.19. The number of hydrogen-bond donors (Lipinski definition) is 1. The number of H-pyrrole nitrogens is 1. The van der Waals surface area contributed by atoms with Crippen LogP contribution in [0.25, 0.3) is 11.0 Å². The standard InChI is InChI=1S/C23H23ClN6O/c24-17-10-11-18-19(14-17)26-22(25-18)21-9-5-13-30(21)23(31)20-15-29(28-27-20)12-4-8-16-6-2-1-3-7-16/h1-3,6-7,10-11,14-15,21H,4-5,8-9,12-13H2,(H,25,26). The Balaban J connectivity index is 1.26. The van der Waals surface area contributed by atoms with Gasteiger partial charge in [-0.2, -0.15) is 0 Å². The quantitative estimate of drug-likeness (QED) is 0.487. The summed E-state index contributed by atoms with van der Waals surface area (Å²) in [5.41, 5.74) is 3.41. The van der Waals surface area contributed by atoms with E-state index in [2.05, 4.69) is 32.4 Å². The number of amides is 1. The summed E-state index contributed by atoms with van der Waals surface area (Å²) in [6.07, 6.45) is 5.45. The number of likely N-dealkylation sites (tertiary alicyclic amines) is 1. The highest BCUT2D eigenvalue weighted by Crippen LogP contribution is 2.32. The van der Waals surface area contributed by atoms with Gasteiger partial charge in [0.2, 0.25) is 0 Å². The number of fused-ring (bicyclic) bond motifs is 1. The molecule has 1 fully saturated rings. The highest BCUT2D eigenvalue weighted by molar-refractivity contribution is 6.31. The minimum Gasteiger partial charge on any atom is -0.340 e. The number of halogens is 1. The first kappa shape index (κ1) is 19.8. The summed E-state index contributed by atoms with van der Waals surface area (Å²) >= 11 is 6.09. The molecule has 1 N–H and O–H groups in total. The predicted octanol–water partition coefficient (Wildman–Crippen LogP) is 4.42. The first-order chi connectivity index (χ1) is 15.2. The summed E-state index contributed by atoms with van der Waals surface area (Å²) in [6.45, 7) is 1.41. The molecule has 1 atom stereocenters. The van der Waals surface area contributed by atoms with E-state index in [1.54, 1.807) is 10.9 Å². The van der Waals surface area contributed by atoms with Gasteiger partial charge in [0.25, 0.3) is 5.91 Å². The largest absolute Gasteiger partial charge is 0.340 e. The molecular weight excluding hydrogens is 412 g/mol. The van der Waals surface area contributed by atoms with Crippen LogP contribution in [0.1, 0.15) is 47.2 Å². The Kier molecular flexibility index (Phi) is 5.42. The number of imidazole rings is 1. The molecule has 1 saturated heterocycles. The maximum atomic E-state index is 13.2. The van der Waals surface area contributed by atoms with Crippen molar-refractivity contribution in [3.63, 3.8) is 0 Å². The Bertz CT molecular complexity index is 1200. The normalized spacial score (nSPS) is 16.3. The topological polar surface area (TPSA) is 79.7 Å². The fourth-order valence-corrected chi connectivity index (χ4v) is 4.37. The lowest BCUT2D eigenvalue weighted by atomic mass is 10.1. The molecule has 0 radical (unpaired) electrons. The van der Waals surface area contributed by atoms with Crippen LogP contribution in [0.4, 0.5) is 0 Å². The summed E-state index contributed by atoms with van der Waals surface area (Å²) in [5, 5.41) is 8.96. The number of carbonyl (C=O) groups is 1. The van der Waals surface area contributed by atoms with Gasteiger partial charge in [-0.05, 0) is 49.4 Å². The second kappa shape index (κ2) is 8.51. The molecule has 158 valence electrons. The molecule has 3 heterocycles. The average molecular weight is 435 g/mol. The highest BCUT2D eigenvalue weighted by Gasteiger charge is 2.33. The van der Waals surface area contributed by atoms with E-state index in [0.29, 0.717) is 17.3 Å². The van der Waals surface area contributed by atoms with E-state index in [1.807, 2.05) is 41.3 Å².